The predicted molar refractivity (Wildman–Crippen MR) is 74.5 cm³/mol. The lowest BCUT2D eigenvalue weighted by molar-refractivity contribution is 0.612. The molecule has 2 aromatic rings. The first kappa shape index (κ1) is 12.1. The number of unbranched alkanes of at least 4 members (excludes halogenated alkanes) is 1. The Labute approximate surface area is 105 Å². The van der Waals surface area contributed by atoms with Crippen molar-refractivity contribution in [2.24, 2.45) is 0 Å². The van der Waals surface area contributed by atoms with Crippen molar-refractivity contribution < 1.29 is 4.42 Å². The fraction of sp³-hybridized carbons (Fsp3) is 0.417. The van der Waals surface area contributed by atoms with Gasteiger partial charge in [-0.1, -0.05) is 6.07 Å². The van der Waals surface area contributed by atoms with E-state index in [1.807, 2.05) is 30.0 Å². The monoisotopic (exact) mass is 251 g/mol. The van der Waals surface area contributed by atoms with E-state index in [0.717, 1.165) is 24.1 Å². The topological polar surface area (TPSA) is 64.1 Å². The molecule has 0 saturated carbocycles. The van der Waals surface area contributed by atoms with E-state index < -0.39 is 0 Å². The first-order chi connectivity index (χ1) is 8.31. The van der Waals surface area contributed by atoms with Gasteiger partial charge in [-0.2, -0.15) is 16.7 Å². The standard InChI is InChI=1S/C12H17N3OS/c1-17-8-3-2-7-14-12-15-11-9(13)5-4-6-10(11)16-12/h4-6H,2-3,7-8,13H2,1H3,(H,14,15). The van der Waals surface area contributed by atoms with Crippen LogP contribution in [0.15, 0.2) is 22.6 Å². The van der Waals surface area contributed by atoms with E-state index in [1.54, 1.807) is 0 Å². The molecule has 0 radical (unpaired) electrons. The van der Waals surface area contributed by atoms with E-state index >= 15 is 0 Å². The maximum atomic E-state index is 5.81. The number of nitrogens with zero attached hydrogens (tertiary/aromatic N) is 1. The smallest absolute Gasteiger partial charge is 0.295 e. The molecule has 0 spiro atoms. The van der Waals surface area contributed by atoms with Crippen LogP contribution in [0.3, 0.4) is 0 Å². The summed E-state index contributed by atoms with van der Waals surface area (Å²) in [7, 11) is 0. The fourth-order valence-electron chi connectivity index (χ4n) is 1.61. The molecular formula is C12H17N3OS. The van der Waals surface area contributed by atoms with Crippen molar-refractivity contribution in [2.45, 2.75) is 12.8 Å². The predicted octanol–water partition coefficient (Wildman–Crippen LogP) is 2.97. The molecule has 0 aliphatic carbocycles. The Bertz CT molecular complexity index is 484. The van der Waals surface area contributed by atoms with Gasteiger partial charge in [-0.3, -0.25) is 0 Å². The van der Waals surface area contributed by atoms with Crippen LogP contribution < -0.4 is 11.1 Å². The first-order valence-corrected chi connectivity index (χ1v) is 7.08. The maximum Gasteiger partial charge on any atom is 0.295 e. The number of para-hydroxylation sites is 1. The molecule has 0 unspecified atom stereocenters. The number of rotatable bonds is 6. The van der Waals surface area contributed by atoms with E-state index in [1.165, 1.54) is 12.2 Å². The number of oxazole rings is 1. The molecule has 2 rings (SSSR count). The van der Waals surface area contributed by atoms with Gasteiger partial charge >= 0.3 is 0 Å². The molecule has 1 heterocycles. The molecular weight excluding hydrogens is 234 g/mol. The van der Waals surface area contributed by atoms with Crippen molar-refractivity contribution in [3.63, 3.8) is 0 Å². The summed E-state index contributed by atoms with van der Waals surface area (Å²) in [5, 5.41) is 3.18. The van der Waals surface area contributed by atoms with E-state index in [-0.39, 0.29) is 0 Å². The lowest BCUT2D eigenvalue weighted by Gasteiger charge is -1.99. The molecule has 0 atom stereocenters. The van der Waals surface area contributed by atoms with Gasteiger partial charge in [0.25, 0.3) is 6.01 Å². The van der Waals surface area contributed by atoms with E-state index in [2.05, 4.69) is 16.6 Å². The average Bonchev–Trinajstić information content (AvgIpc) is 2.73. The lowest BCUT2D eigenvalue weighted by atomic mass is 10.3. The molecule has 0 saturated heterocycles. The lowest BCUT2D eigenvalue weighted by Crippen LogP contribution is -2.01. The van der Waals surface area contributed by atoms with Gasteiger partial charge in [0.15, 0.2) is 5.58 Å². The van der Waals surface area contributed by atoms with E-state index in [0.29, 0.717) is 11.7 Å². The van der Waals surface area contributed by atoms with Crippen molar-refractivity contribution >= 4 is 34.6 Å². The zero-order valence-corrected chi connectivity index (χ0v) is 10.7. The second-order valence-corrected chi connectivity index (χ2v) is 4.83. The number of hydrogen-bond acceptors (Lipinski definition) is 5. The van der Waals surface area contributed by atoms with Crippen LogP contribution in [0, 0.1) is 0 Å². The van der Waals surface area contributed by atoms with Crippen LogP contribution in [0.4, 0.5) is 11.7 Å². The summed E-state index contributed by atoms with van der Waals surface area (Å²) in [6.07, 6.45) is 4.45. The quantitative estimate of drug-likeness (QED) is 0.610. The fourth-order valence-corrected chi connectivity index (χ4v) is 2.10. The number of nitrogen functional groups attached to an aromatic ring is 1. The molecule has 92 valence electrons. The summed E-state index contributed by atoms with van der Waals surface area (Å²) < 4.78 is 5.55. The molecule has 17 heavy (non-hydrogen) atoms. The van der Waals surface area contributed by atoms with Crippen molar-refractivity contribution in [1.82, 2.24) is 4.98 Å². The molecule has 4 nitrogen and oxygen atoms in total. The molecule has 0 fully saturated rings. The van der Waals surface area contributed by atoms with Gasteiger partial charge in [-0.05, 0) is 37.0 Å². The van der Waals surface area contributed by atoms with Crippen LogP contribution >= 0.6 is 11.8 Å². The summed E-state index contributed by atoms with van der Waals surface area (Å²) in [6.45, 7) is 0.882. The number of thioether (sulfide) groups is 1. The Morgan fingerprint density at radius 1 is 1.41 bits per heavy atom. The van der Waals surface area contributed by atoms with Crippen molar-refractivity contribution in [3.8, 4) is 0 Å². The average molecular weight is 251 g/mol. The number of hydrogen-bond donors (Lipinski definition) is 2. The van der Waals surface area contributed by atoms with Crippen LogP contribution in [-0.4, -0.2) is 23.5 Å². The minimum absolute atomic E-state index is 0.557. The molecule has 1 aromatic carbocycles. The second-order valence-electron chi connectivity index (χ2n) is 3.84. The molecule has 5 heteroatoms. The van der Waals surface area contributed by atoms with Crippen LogP contribution in [0.1, 0.15) is 12.8 Å². The highest BCUT2D eigenvalue weighted by atomic mass is 32.2. The first-order valence-electron chi connectivity index (χ1n) is 5.69. The van der Waals surface area contributed by atoms with E-state index in [9.17, 15) is 0 Å². The summed E-state index contributed by atoms with van der Waals surface area (Å²) in [5.74, 6) is 1.20. The van der Waals surface area contributed by atoms with Gasteiger partial charge in [0.05, 0.1) is 5.69 Å². The minimum atomic E-state index is 0.557. The number of nitrogens with one attached hydrogen (secondary N) is 1. The number of anilines is 2. The normalized spacial score (nSPS) is 10.9. The molecule has 0 amide bonds. The van der Waals surface area contributed by atoms with Crippen LogP contribution in [0.25, 0.3) is 11.1 Å². The number of benzene rings is 1. The second kappa shape index (κ2) is 5.82. The zero-order chi connectivity index (χ0) is 12.1. The Hall–Kier alpha value is -1.36. The summed E-state index contributed by atoms with van der Waals surface area (Å²) in [6, 6.07) is 6.12. The SMILES string of the molecule is CSCCCCNc1nc2c(N)cccc2o1. The van der Waals surface area contributed by atoms with Gasteiger partial charge in [0, 0.05) is 6.54 Å². The minimum Gasteiger partial charge on any atom is -0.423 e. The molecule has 0 bridgehead atoms. The summed E-state index contributed by atoms with van der Waals surface area (Å²) >= 11 is 1.87. The van der Waals surface area contributed by atoms with Gasteiger partial charge in [-0.25, -0.2) is 0 Å². The number of nitrogens with two attached hydrogens (primary N) is 1. The van der Waals surface area contributed by atoms with Crippen molar-refractivity contribution in [1.29, 1.82) is 0 Å². The number of fused-ring (bicyclic) bond motifs is 1. The third-order valence-corrected chi connectivity index (χ3v) is 3.20. The van der Waals surface area contributed by atoms with Crippen molar-refractivity contribution in [2.75, 3.05) is 29.6 Å². The van der Waals surface area contributed by atoms with Gasteiger partial charge in [0.2, 0.25) is 0 Å². The highest BCUT2D eigenvalue weighted by molar-refractivity contribution is 7.98. The van der Waals surface area contributed by atoms with Gasteiger partial charge in [-0.15, -0.1) is 0 Å². The van der Waals surface area contributed by atoms with E-state index in [4.69, 9.17) is 10.2 Å². The Morgan fingerprint density at radius 2 is 2.29 bits per heavy atom. The highest BCUT2D eigenvalue weighted by Crippen LogP contribution is 2.23. The van der Waals surface area contributed by atoms with Crippen LogP contribution in [0.5, 0.6) is 0 Å². The largest absolute Gasteiger partial charge is 0.423 e. The van der Waals surface area contributed by atoms with Crippen LogP contribution in [-0.2, 0) is 0 Å². The summed E-state index contributed by atoms with van der Waals surface area (Å²) in [4.78, 5) is 4.32. The Kier molecular flexibility index (Phi) is 4.14. The maximum absolute atomic E-state index is 5.81. The molecule has 0 aliphatic heterocycles. The third kappa shape index (κ3) is 3.06. The number of aromatic nitrogens is 1. The molecule has 3 N–H and O–H groups in total. The zero-order valence-electron chi connectivity index (χ0n) is 9.90. The van der Waals surface area contributed by atoms with Gasteiger partial charge in [0.1, 0.15) is 5.52 Å². The van der Waals surface area contributed by atoms with Crippen molar-refractivity contribution in [3.05, 3.63) is 18.2 Å². The Morgan fingerprint density at radius 3 is 3.06 bits per heavy atom. The summed E-state index contributed by atoms with van der Waals surface area (Å²) in [5.41, 5.74) is 7.93. The third-order valence-electron chi connectivity index (χ3n) is 2.50. The Balaban J connectivity index is 1.93. The van der Waals surface area contributed by atoms with Gasteiger partial charge < -0.3 is 15.5 Å². The van der Waals surface area contributed by atoms with Crippen LogP contribution in [0.2, 0.25) is 0 Å². The molecule has 1 aromatic heterocycles. The highest BCUT2D eigenvalue weighted by Gasteiger charge is 2.06. The molecule has 0 aliphatic rings.